The van der Waals surface area contributed by atoms with Gasteiger partial charge in [-0.25, -0.2) is 0 Å². The predicted octanol–water partition coefficient (Wildman–Crippen LogP) is 7.12. The Morgan fingerprint density at radius 3 is 2.25 bits per heavy atom. The molecule has 4 rings (SSSR count). The van der Waals surface area contributed by atoms with Crippen molar-refractivity contribution in [1.82, 2.24) is 0 Å². The van der Waals surface area contributed by atoms with Crippen LogP contribution in [0.15, 0.2) is 65.6 Å². The number of thiocarbonyl (C=S) groups is 1. The molecular weight excluding hydrogens is 575 g/mol. The lowest BCUT2D eigenvalue weighted by Crippen LogP contribution is -2.27. The molecule has 0 bridgehead atoms. The number of amides is 1. The van der Waals surface area contributed by atoms with E-state index in [9.17, 15) is 38.2 Å². The fourth-order valence-corrected chi connectivity index (χ4v) is 4.87. The van der Waals surface area contributed by atoms with E-state index in [-0.39, 0.29) is 33.0 Å². The molecule has 0 aliphatic carbocycles. The molecule has 0 aromatic heterocycles. The molecule has 3 aromatic rings. The first kappa shape index (κ1) is 28.5. The van der Waals surface area contributed by atoms with Gasteiger partial charge in [0.15, 0.2) is 15.8 Å². The number of hydrogen-bond donors (Lipinski definition) is 0. The van der Waals surface area contributed by atoms with Gasteiger partial charge in [-0.1, -0.05) is 30.0 Å². The number of nitrogens with zero attached hydrogens (tertiary/aromatic N) is 3. The molecule has 1 fully saturated rings. The summed E-state index contributed by atoms with van der Waals surface area (Å²) in [5, 5.41) is 22.3. The summed E-state index contributed by atoms with van der Waals surface area (Å²) in [6.45, 7) is 1.84. The third-order valence-electron chi connectivity index (χ3n) is 5.38. The van der Waals surface area contributed by atoms with Crippen LogP contribution in [0.2, 0.25) is 0 Å². The van der Waals surface area contributed by atoms with Crippen molar-refractivity contribution in [3.8, 4) is 17.2 Å². The van der Waals surface area contributed by atoms with Gasteiger partial charge in [-0.15, -0.1) is 0 Å². The van der Waals surface area contributed by atoms with Crippen LogP contribution in [0.3, 0.4) is 0 Å². The zero-order valence-corrected chi connectivity index (χ0v) is 21.8. The number of anilines is 1. The number of benzene rings is 3. The molecule has 15 heteroatoms. The van der Waals surface area contributed by atoms with Gasteiger partial charge < -0.3 is 9.47 Å². The lowest BCUT2D eigenvalue weighted by Gasteiger charge is -2.14. The molecule has 0 atom stereocenters. The zero-order chi connectivity index (χ0) is 29.2. The van der Waals surface area contributed by atoms with Crippen molar-refractivity contribution in [1.29, 1.82) is 0 Å². The largest absolute Gasteiger partial charge is 0.490 e. The van der Waals surface area contributed by atoms with Crippen molar-refractivity contribution in [2.75, 3.05) is 11.5 Å². The van der Waals surface area contributed by atoms with Crippen molar-refractivity contribution in [2.45, 2.75) is 13.1 Å². The maximum absolute atomic E-state index is 13.1. The van der Waals surface area contributed by atoms with Crippen LogP contribution in [0.1, 0.15) is 18.1 Å². The van der Waals surface area contributed by atoms with E-state index < -0.39 is 38.9 Å². The maximum Gasteiger partial charge on any atom is 0.416 e. The second-order valence-electron chi connectivity index (χ2n) is 7.97. The molecule has 0 radical (unpaired) electrons. The summed E-state index contributed by atoms with van der Waals surface area (Å²) in [7, 11) is 0. The molecule has 0 unspecified atom stereocenters. The first-order chi connectivity index (χ1) is 18.9. The Morgan fingerprint density at radius 2 is 1.65 bits per heavy atom. The number of nitro groups is 2. The molecule has 0 spiro atoms. The number of halogens is 3. The highest BCUT2D eigenvalue weighted by atomic mass is 32.2. The Hall–Kier alpha value is -4.50. The first-order valence-electron chi connectivity index (χ1n) is 11.2. The summed E-state index contributed by atoms with van der Waals surface area (Å²) in [6, 6.07) is 11.7. The normalized spacial score (nSPS) is 14.5. The fourth-order valence-electron chi connectivity index (χ4n) is 3.57. The summed E-state index contributed by atoms with van der Waals surface area (Å²) < 4.78 is 50.5. The Balaban J connectivity index is 1.62. The molecule has 40 heavy (non-hydrogen) atoms. The Bertz CT molecular complexity index is 1560. The summed E-state index contributed by atoms with van der Waals surface area (Å²) >= 11 is 6.34. The van der Waals surface area contributed by atoms with E-state index in [1.807, 2.05) is 0 Å². The highest BCUT2D eigenvalue weighted by Gasteiger charge is 2.35. The van der Waals surface area contributed by atoms with E-state index in [2.05, 4.69) is 0 Å². The van der Waals surface area contributed by atoms with Crippen molar-refractivity contribution in [3.05, 3.63) is 96.9 Å². The number of non-ortho nitro benzene ring substituents is 1. The smallest absolute Gasteiger partial charge is 0.416 e. The van der Waals surface area contributed by atoms with Gasteiger partial charge in [-0.05, 0) is 55.0 Å². The van der Waals surface area contributed by atoms with Crippen molar-refractivity contribution < 1.29 is 37.3 Å². The van der Waals surface area contributed by atoms with Gasteiger partial charge in [0.25, 0.3) is 11.6 Å². The minimum atomic E-state index is -4.78. The summed E-state index contributed by atoms with van der Waals surface area (Å²) in [4.78, 5) is 35.3. The third kappa shape index (κ3) is 6.05. The second kappa shape index (κ2) is 11.3. The molecule has 3 aromatic carbocycles. The molecule has 10 nitrogen and oxygen atoms in total. The Labute approximate surface area is 233 Å². The van der Waals surface area contributed by atoms with Crippen LogP contribution in [0.5, 0.6) is 17.2 Å². The molecule has 1 saturated heterocycles. The second-order valence-corrected chi connectivity index (χ2v) is 9.65. The molecule has 0 saturated carbocycles. The molecule has 206 valence electrons. The van der Waals surface area contributed by atoms with E-state index in [4.69, 9.17) is 21.7 Å². The zero-order valence-electron chi connectivity index (χ0n) is 20.2. The van der Waals surface area contributed by atoms with E-state index >= 15 is 0 Å². The monoisotopic (exact) mass is 591 g/mol. The van der Waals surface area contributed by atoms with Gasteiger partial charge in [-0.3, -0.25) is 29.9 Å². The number of thioether (sulfide) groups is 1. The fraction of sp³-hybridized carbons (Fsp3) is 0.120. The van der Waals surface area contributed by atoms with Crippen LogP contribution < -0.4 is 14.4 Å². The number of ether oxygens (including phenoxy) is 2. The average Bonchev–Trinajstić information content (AvgIpc) is 3.17. The Morgan fingerprint density at radius 1 is 0.975 bits per heavy atom. The number of carbonyl (C=O) groups excluding carboxylic acids is 1. The number of carbonyl (C=O) groups is 1. The lowest BCUT2D eigenvalue weighted by atomic mass is 10.1. The summed E-state index contributed by atoms with van der Waals surface area (Å²) in [5.74, 6) is -0.755. The van der Waals surface area contributed by atoms with Gasteiger partial charge in [0, 0.05) is 18.2 Å². The van der Waals surface area contributed by atoms with Crippen LogP contribution in [-0.4, -0.2) is 26.7 Å². The maximum atomic E-state index is 13.1. The van der Waals surface area contributed by atoms with Crippen LogP contribution in [0.25, 0.3) is 6.08 Å². The van der Waals surface area contributed by atoms with Gasteiger partial charge in [0.2, 0.25) is 5.75 Å². The van der Waals surface area contributed by atoms with Crippen molar-refractivity contribution in [2.24, 2.45) is 0 Å². The average molecular weight is 592 g/mol. The van der Waals surface area contributed by atoms with Gasteiger partial charge in [0.05, 0.1) is 32.6 Å². The number of nitro benzene ring substituents is 2. The Kier molecular flexibility index (Phi) is 8.06. The minimum absolute atomic E-state index is 0.000266. The van der Waals surface area contributed by atoms with Crippen LogP contribution in [-0.2, 0) is 11.0 Å². The summed E-state index contributed by atoms with van der Waals surface area (Å²) in [6.07, 6.45) is -3.25. The highest BCUT2D eigenvalue weighted by Crippen LogP contribution is 2.41. The number of alkyl halides is 3. The first-order valence-corrected chi connectivity index (χ1v) is 12.4. The highest BCUT2D eigenvalue weighted by molar-refractivity contribution is 8.27. The predicted molar refractivity (Wildman–Crippen MR) is 145 cm³/mol. The molecule has 1 heterocycles. The molecule has 1 aliphatic rings. The van der Waals surface area contributed by atoms with Gasteiger partial charge in [0.1, 0.15) is 0 Å². The van der Waals surface area contributed by atoms with Crippen LogP contribution in [0, 0.1) is 20.2 Å². The number of hydrogen-bond acceptors (Lipinski definition) is 9. The molecule has 1 amide bonds. The van der Waals surface area contributed by atoms with E-state index in [1.54, 1.807) is 6.92 Å². The van der Waals surface area contributed by atoms with E-state index in [0.717, 1.165) is 17.8 Å². The van der Waals surface area contributed by atoms with Crippen molar-refractivity contribution in [3.63, 3.8) is 0 Å². The van der Waals surface area contributed by atoms with E-state index in [1.165, 1.54) is 53.4 Å². The summed E-state index contributed by atoms with van der Waals surface area (Å²) in [5.41, 5.74) is -1.39. The van der Waals surface area contributed by atoms with Crippen LogP contribution >= 0.6 is 24.0 Å². The van der Waals surface area contributed by atoms with Gasteiger partial charge >= 0.3 is 11.9 Å². The SMILES string of the molecule is CCOc1cc(/C=C2\SC(=S)N(c3ccc([N+](=O)[O-])cc3)C2=O)ccc1Oc1ccc(C(F)(F)F)cc1[N+](=O)[O-]. The molecular formula is C25H16F3N3O7S2. The molecule has 0 N–H and O–H groups in total. The minimum Gasteiger partial charge on any atom is -0.490 e. The number of rotatable bonds is 8. The topological polar surface area (TPSA) is 125 Å². The van der Waals surface area contributed by atoms with E-state index in [0.29, 0.717) is 23.4 Å². The van der Waals surface area contributed by atoms with Crippen molar-refractivity contribution >= 4 is 57.3 Å². The quantitative estimate of drug-likeness (QED) is 0.116. The van der Waals surface area contributed by atoms with Gasteiger partial charge in [-0.2, -0.15) is 13.2 Å². The molecule has 1 aliphatic heterocycles. The lowest BCUT2D eigenvalue weighted by molar-refractivity contribution is -0.385. The third-order valence-corrected chi connectivity index (χ3v) is 6.68. The van der Waals surface area contributed by atoms with Crippen LogP contribution in [0.4, 0.5) is 30.2 Å². The standard InChI is InChI=1S/C25H16F3N3O7S2/c1-2-37-21-11-14(3-9-20(21)38-19-10-4-15(25(26,27)28)13-18(19)31(35)36)12-22-23(32)29(24(39)40-22)16-5-7-17(8-6-16)30(33)34/h3-13H,2H2,1H3/b22-12-.